The zero-order valence-electron chi connectivity index (χ0n) is 14.3. The standard InChI is InChI=1S/C19H20N4O2S/c24-17(20-15-5-2-1-3-6-15)13-23-10-8-14(9-11-23)19-21-18(22-25-19)16-7-4-12-26-16/h1-7,12,14H,8-11,13H2,(H,20,24). The molecule has 1 aliphatic rings. The fourth-order valence-electron chi connectivity index (χ4n) is 3.17. The quantitative estimate of drug-likeness (QED) is 0.745. The van der Waals surface area contributed by atoms with Crippen molar-refractivity contribution in [1.82, 2.24) is 15.0 Å². The normalized spacial score (nSPS) is 15.8. The molecule has 0 unspecified atom stereocenters. The largest absolute Gasteiger partial charge is 0.339 e. The summed E-state index contributed by atoms with van der Waals surface area (Å²) in [5.74, 6) is 1.67. The van der Waals surface area contributed by atoms with E-state index in [4.69, 9.17) is 4.52 Å². The minimum Gasteiger partial charge on any atom is -0.339 e. The summed E-state index contributed by atoms with van der Waals surface area (Å²) in [7, 11) is 0. The van der Waals surface area contributed by atoms with Crippen LogP contribution < -0.4 is 5.32 Å². The van der Waals surface area contributed by atoms with E-state index in [-0.39, 0.29) is 11.8 Å². The van der Waals surface area contributed by atoms with E-state index in [0.717, 1.165) is 36.5 Å². The highest BCUT2D eigenvalue weighted by molar-refractivity contribution is 7.13. The smallest absolute Gasteiger partial charge is 0.238 e. The number of hydrogen-bond acceptors (Lipinski definition) is 6. The lowest BCUT2D eigenvalue weighted by molar-refractivity contribution is -0.117. The highest BCUT2D eigenvalue weighted by Crippen LogP contribution is 2.29. The Labute approximate surface area is 155 Å². The molecule has 0 saturated carbocycles. The fourth-order valence-corrected chi connectivity index (χ4v) is 3.82. The van der Waals surface area contributed by atoms with Gasteiger partial charge in [0.05, 0.1) is 11.4 Å². The molecule has 4 rings (SSSR count). The van der Waals surface area contributed by atoms with Crippen LogP contribution in [-0.4, -0.2) is 40.6 Å². The SMILES string of the molecule is O=C(CN1CCC(c2nc(-c3cccs3)no2)CC1)Nc1ccccc1. The van der Waals surface area contributed by atoms with Gasteiger partial charge in [-0.1, -0.05) is 29.4 Å². The van der Waals surface area contributed by atoms with Crippen molar-refractivity contribution in [1.29, 1.82) is 0 Å². The third kappa shape index (κ3) is 4.00. The molecule has 134 valence electrons. The van der Waals surface area contributed by atoms with Gasteiger partial charge >= 0.3 is 0 Å². The number of nitrogens with one attached hydrogen (secondary N) is 1. The number of para-hydroxylation sites is 1. The van der Waals surface area contributed by atoms with Gasteiger partial charge in [0.25, 0.3) is 0 Å². The molecule has 0 bridgehead atoms. The summed E-state index contributed by atoms with van der Waals surface area (Å²) in [4.78, 5) is 19.9. The molecule has 1 aliphatic heterocycles. The molecule has 1 amide bonds. The van der Waals surface area contributed by atoms with Gasteiger partial charge in [-0.3, -0.25) is 9.69 Å². The predicted octanol–water partition coefficient (Wildman–Crippen LogP) is 3.62. The minimum atomic E-state index is 0.0208. The van der Waals surface area contributed by atoms with E-state index >= 15 is 0 Å². The van der Waals surface area contributed by atoms with Gasteiger partial charge in [-0.2, -0.15) is 4.98 Å². The number of carbonyl (C=O) groups is 1. The van der Waals surface area contributed by atoms with Crippen molar-refractivity contribution in [2.24, 2.45) is 0 Å². The second-order valence-corrected chi connectivity index (χ2v) is 7.35. The second kappa shape index (κ2) is 7.80. The van der Waals surface area contributed by atoms with E-state index in [9.17, 15) is 4.79 Å². The van der Waals surface area contributed by atoms with E-state index in [1.165, 1.54) is 0 Å². The molecule has 1 saturated heterocycles. The number of rotatable bonds is 5. The van der Waals surface area contributed by atoms with Crippen molar-refractivity contribution >= 4 is 22.9 Å². The van der Waals surface area contributed by atoms with Crippen LogP contribution in [0.1, 0.15) is 24.7 Å². The van der Waals surface area contributed by atoms with Gasteiger partial charge < -0.3 is 9.84 Å². The molecule has 2 aromatic heterocycles. The van der Waals surface area contributed by atoms with Crippen LogP contribution in [0.25, 0.3) is 10.7 Å². The number of piperidine rings is 1. The van der Waals surface area contributed by atoms with Gasteiger partial charge in [0.1, 0.15) is 0 Å². The first kappa shape index (κ1) is 16.9. The van der Waals surface area contributed by atoms with Crippen LogP contribution in [-0.2, 0) is 4.79 Å². The maximum Gasteiger partial charge on any atom is 0.238 e. The molecule has 1 N–H and O–H groups in total. The van der Waals surface area contributed by atoms with E-state index in [1.807, 2.05) is 47.8 Å². The molecular weight excluding hydrogens is 348 g/mol. The van der Waals surface area contributed by atoms with Crippen molar-refractivity contribution in [3.63, 3.8) is 0 Å². The van der Waals surface area contributed by atoms with E-state index in [0.29, 0.717) is 18.3 Å². The third-order valence-corrected chi connectivity index (χ3v) is 5.41. The monoisotopic (exact) mass is 368 g/mol. The van der Waals surface area contributed by atoms with Crippen LogP contribution in [0.15, 0.2) is 52.4 Å². The number of carbonyl (C=O) groups excluding carboxylic acids is 1. The van der Waals surface area contributed by atoms with E-state index in [1.54, 1.807) is 11.3 Å². The van der Waals surface area contributed by atoms with Crippen LogP contribution >= 0.6 is 11.3 Å². The number of thiophene rings is 1. The Bertz CT molecular complexity index is 840. The lowest BCUT2D eigenvalue weighted by Gasteiger charge is -2.29. The average Bonchev–Trinajstić information content (AvgIpc) is 3.35. The maximum atomic E-state index is 12.2. The number of aromatic nitrogens is 2. The molecule has 7 heteroatoms. The van der Waals surface area contributed by atoms with Crippen LogP contribution in [0.3, 0.4) is 0 Å². The Kier molecular flexibility index (Phi) is 5.08. The van der Waals surface area contributed by atoms with Gasteiger partial charge in [0.2, 0.25) is 17.6 Å². The molecule has 3 heterocycles. The minimum absolute atomic E-state index is 0.0208. The van der Waals surface area contributed by atoms with Crippen LogP contribution in [0.2, 0.25) is 0 Å². The molecule has 26 heavy (non-hydrogen) atoms. The highest BCUT2D eigenvalue weighted by Gasteiger charge is 2.26. The number of benzene rings is 1. The number of hydrogen-bond donors (Lipinski definition) is 1. The van der Waals surface area contributed by atoms with Gasteiger partial charge in [-0.25, -0.2) is 0 Å². The maximum absolute atomic E-state index is 12.2. The Morgan fingerprint density at radius 2 is 2.00 bits per heavy atom. The lowest BCUT2D eigenvalue weighted by atomic mass is 9.97. The first-order chi connectivity index (χ1) is 12.8. The van der Waals surface area contributed by atoms with Gasteiger partial charge in [0, 0.05) is 11.6 Å². The van der Waals surface area contributed by atoms with Gasteiger partial charge in [-0.15, -0.1) is 11.3 Å². The molecule has 0 spiro atoms. The topological polar surface area (TPSA) is 71.3 Å². The van der Waals surface area contributed by atoms with Crippen LogP contribution in [0, 0.1) is 0 Å². The Morgan fingerprint density at radius 1 is 1.19 bits per heavy atom. The lowest BCUT2D eigenvalue weighted by Crippen LogP contribution is -2.38. The number of amides is 1. The number of likely N-dealkylation sites (tertiary alicyclic amines) is 1. The Balaban J connectivity index is 1.28. The first-order valence-corrected chi connectivity index (χ1v) is 9.60. The van der Waals surface area contributed by atoms with E-state index in [2.05, 4.69) is 20.4 Å². The van der Waals surface area contributed by atoms with Crippen molar-refractivity contribution in [2.75, 3.05) is 25.0 Å². The van der Waals surface area contributed by atoms with Crippen LogP contribution in [0.4, 0.5) is 5.69 Å². The molecule has 1 fully saturated rings. The summed E-state index contributed by atoms with van der Waals surface area (Å²) in [5, 5.41) is 9.03. The average molecular weight is 368 g/mol. The van der Waals surface area contributed by atoms with Crippen molar-refractivity contribution in [2.45, 2.75) is 18.8 Å². The van der Waals surface area contributed by atoms with Crippen molar-refractivity contribution in [3.05, 3.63) is 53.7 Å². The summed E-state index contributed by atoms with van der Waals surface area (Å²) in [6.07, 6.45) is 1.84. The van der Waals surface area contributed by atoms with Gasteiger partial charge in [-0.05, 0) is 49.5 Å². The molecular formula is C19H20N4O2S. The molecule has 0 atom stereocenters. The van der Waals surface area contributed by atoms with Gasteiger partial charge in [0.15, 0.2) is 0 Å². The molecule has 3 aromatic rings. The Hall–Kier alpha value is -2.51. The third-order valence-electron chi connectivity index (χ3n) is 4.54. The molecule has 6 nitrogen and oxygen atoms in total. The molecule has 1 aromatic carbocycles. The molecule has 0 radical (unpaired) electrons. The predicted molar refractivity (Wildman–Crippen MR) is 101 cm³/mol. The highest BCUT2D eigenvalue weighted by atomic mass is 32.1. The Morgan fingerprint density at radius 3 is 2.73 bits per heavy atom. The van der Waals surface area contributed by atoms with Crippen molar-refractivity contribution in [3.8, 4) is 10.7 Å². The molecule has 0 aliphatic carbocycles. The first-order valence-electron chi connectivity index (χ1n) is 8.72. The summed E-state index contributed by atoms with van der Waals surface area (Å²) < 4.78 is 5.47. The van der Waals surface area contributed by atoms with Crippen molar-refractivity contribution < 1.29 is 9.32 Å². The summed E-state index contributed by atoms with van der Waals surface area (Å²) in [5.41, 5.74) is 0.833. The zero-order valence-corrected chi connectivity index (χ0v) is 15.1. The summed E-state index contributed by atoms with van der Waals surface area (Å²) >= 11 is 1.61. The zero-order chi connectivity index (χ0) is 17.8. The van der Waals surface area contributed by atoms with Crippen LogP contribution in [0.5, 0.6) is 0 Å². The summed E-state index contributed by atoms with van der Waals surface area (Å²) in [6.45, 7) is 2.11. The number of nitrogens with zero attached hydrogens (tertiary/aromatic N) is 3. The fraction of sp³-hybridized carbons (Fsp3) is 0.316. The summed E-state index contributed by atoms with van der Waals surface area (Å²) in [6, 6.07) is 13.5. The van der Waals surface area contributed by atoms with E-state index < -0.39 is 0 Å². The number of anilines is 1. The second-order valence-electron chi connectivity index (χ2n) is 6.40.